The van der Waals surface area contributed by atoms with E-state index >= 15 is 0 Å². The molecule has 0 saturated heterocycles. The largest absolute Gasteiger partial charge is 0.476 e. The number of nitrogens with zero attached hydrogens (tertiary/aromatic N) is 1. The summed E-state index contributed by atoms with van der Waals surface area (Å²) < 4.78 is 5.93. The van der Waals surface area contributed by atoms with Crippen molar-refractivity contribution in [2.75, 3.05) is 6.61 Å². The highest BCUT2D eigenvalue weighted by atomic mass is 16.5. The quantitative estimate of drug-likeness (QED) is 0.545. The molecule has 33 heavy (non-hydrogen) atoms. The molecule has 4 unspecified atom stereocenters. The Morgan fingerprint density at radius 2 is 1.64 bits per heavy atom. The zero-order valence-electron chi connectivity index (χ0n) is 22.3. The van der Waals surface area contributed by atoms with Crippen LogP contribution in [0.4, 0.5) is 0 Å². The molecule has 0 aromatic heterocycles. The molecule has 188 valence electrons. The molecule has 1 heterocycles. The Labute approximate surface area is 202 Å². The van der Waals surface area contributed by atoms with Crippen LogP contribution in [0, 0.1) is 46.3 Å². The van der Waals surface area contributed by atoms with E-state index in [1.54, 1.807) is 0 Å². The lowest BCUT2D eigenvalue weighted by atomic mass is 9.40. The first kappa shape index (κ1) is 24.1. The molecule has 1 aliphatic heterocycles. The Kier molecular flexibility index (Phi) is 5.44. The van der Waals surface area contributed by atoms with Gasteiger partial charge in [-0.25, -0.2) is 4.99 Å². The predicted molar refractivity (Wildman–Crippen MR) is 133 cm³/mol. The molecule has 10 atom stereocenters. The molecule has 4 fully saturated rings. The van der Waals surface area contributed by atoms with Crippen molar-refractivity contribution in [1.82, 2.24) is 0 Å². The van der Waals surface area contributed by atoms with E-state index in [0.717, 1.165) is 31.1 Å². The highest BCUT2D eigenvalue weighted by Crippen LogP contribution is 2.70. The molecule has 0 amide bonds. The zero-order chi connectivity index (χ0) is 24.0. The topological polar surface area (TPSA) is 62.1 Å². The summed E-state index contributed by atoms with van der Waals surface area (Å²) in [5.41, 5.74) is -1.33. The van der Waals surface area contributed by atoms with E-state index in [-0.39, 0.29) is 11.0 Å². The van der Waals surface area contributed by atoms with Crippen molar-refractivity contribution >= 4 is 5.90 Å². The lowest BCUT2D eigenvalue weighted by Gasteiger charge is -2.65. The first-order valence-corrected chi connectivity index (χ1v) is 13.9. The van der Waals surface area contributed by atoms with Gasteiger partial charge in [-0.1, -0.05) is 34.1 Å². The lowest BCUT2D eigenvalue weighted by molar-refractivity contribution is -0.217. The van der Waals surface area contributed by atoms with Crippen molar-refractivity contribution in [3.63, 3.8) is 0 Å². The molecule has 0 aromatic carbocycles. The normalized spacial score (nSPS) is 54.0. The van der Waals surface area contributed by atoms with Gasteiger partial charge in [-0.05, 0) is 118 Å². The molecule has 4 aliphatic carbocycles. The van der Waals surface area contributed by atoms with Crippen LogP contribution in [-0.4, -0.2) is 39.5 Å². The average molecular weight is 460 g/mol. The minimum atomic E-state index is -0.973. The van der Waals surface area contributed by atoms with Gasteiger partial charge in [-0.2, -0.15) is 0 Å². The van der Waals surface area contributed by atoms with Crippen LogP contribution in [-0.2, 0) is 4.74 Å². The smallest absolute Gasteiger partial charge is 0.217 e. The third kappa shape index (κ3) is 3.47. The predicted octanol–water partition coefficient (Wildman–Crippen LogP) is 5.99. The number of fused-ring (bicyclic) bond motifs is 5. The number of rotatable bonds is 3. The van der Waals surface area contributed by atoms with Gasteiger partial charge < -0.3 is 14.9 Å². The van der Waals surface area contributed by atoms with E-state index in [1.807, 2.05) is 0 Å². The third-order valence-electron chi connectivity index (χ3n) is 11.9. The van der Waals surface area contributed by atoms with Gasteiger partial charge >= 0.3 is 0 Å². The highest BCUT2D eigenvalue weighted by molar-refractivity contribution is 5.86. The summed E-state index contributed by atoms with van der Waals surface area (Å²) in [5, 5.41) is 23.7. The summed E-state index contributed by atoms with van der Waals surface area (Å²) in [4.78, 5) is 4.76. The van der Waals surface area contributed by atoms with Gasteiger partial charge in [0.1, 0.15) is 12.2 Å². The van der Waals surface area contributed by atoms with Gasteiger partial charge in [0.25, 0.3) is 0 Å². The van der Waals surface area contributed by atoms with Crippen LogP contribution in [0.25, 0.3) is 0 Å². The Balaban J connectivity index is 1.44. The van der Waals surface area contributed by atoms with E-state index in [9.17, 15) is 10.2 Å². The van der Waals surface area contributed by atoms with Crippen LogP contribution >= 0.6 is 0 Å². The van der Waals surface area contributed by atoms with Crippen LogP contribution < -0.4 is 0 Å². The summed E-state index contributed by atoms with van der Waals surface area (Å²) >= 11 is 0. The van der Waals surface area contributed by atoms with Gasteiger partial charge in [0, 0.05) is 0 Å². The van der Waals surface area contributed by atoms with Gasteiger partial charge in [0.2, 0.25) is 5.90 Å². The maximum atomic E-state index is 12.0. The molecule has 4 saturated carbocycles. The maximum absolute atomic E-state index is 12.0. The first-order valence-electron chi connectivity index (χ1n) is 13.9. The fourth-order valence-electron chi connectivity index (χ4n) is 9.87. The molecule has 4 nitrogen and oxygen atoms in total. The fraction of sp³-hybridized carbons (Fsp3) is 0.966. The minimum absolute atomic E-state index is 0.184. The SMILES string of the molecule is CC[C@@H](C)[C@H]1CCC2C3C(CC[C@@]21C)[C@@]1(C)CC[C@](O)(C2=NC(C)(C)CO2)C[C@H]1CC3(C)O. The zero-order valence-corrected chi connectivity index (χ0v) is 22.3. The monoisotopic (exact) mass is 459 g/mol. The number of hydrogen-bond donors (Lipinski definition) is 2. The Morgan fingerprint density at radius 1 is 0.939 bits per heavy atom. The molecule has 2 N–H and O–H groups in total. The van der Waals surface area contributed by atoms with Gasteiger partial charge in [-0.3, -0.25) is 0 Å². The van der Waals surface area contributed by atoms with Crippen molar-refractivity contribution in [1.29, 1.82) is 0 Å². The Hall–Kier alpha value is -0.610. The molecular formula is C29H49NO3. The molecule has 5 rings (SSSR count). The average Bonchev–Trinajstić information content (AvgIpc) is 3.28. The summed E-state index contributed by atoms with van der Waals surface area (Å²) in [7, 11) is 0. The van der Waals surface area contributed by atoms with Crippen molar-refractivity contribution in [3.05, 3.63) is 0 Å². The van der Waals surface area contributed by atoms with Crippen LogP contribution in [0.2, 0.25) is 0 Å². The molecule has 5 aliphatic rings. The van der Waals surface area contributed by atoms with E-state index in [2.05, 4.69) is 48.5 Å². The number of hydrogen-bond acceptors (Lipinski definition) is 4. The number of aliphatic imine (C=N–C) groups is 1. The molecule has 0 aromatic rings. The second kappa shape index (κ2) is 7.45. The van der Waals surface area contributed by atoms with Gasteiger partial charge in [-0.15, -0.1) is 0 Å². The number of ether oxygens (including phenoxy) is 1. The van der Waals surface area contributed by atoms with Crippen LogP contribution in [0.3, 0.4) is 0 Å². The third-order valence-corrected chi connectivity index (χ3v) is 11.9. The van der Waals surface area contributed by atoms with E-state index in [0.29, 0.717) is 48.0 Å². The molecule has 4 heteroatoms. The van der Waals surface area contributed by atoms with Gasteiger partial charge in [0.05, 0.1) is 11.1 Å². The lowest BCUT2D eigenvalue weighted by Crippen LogP contribution is -2.64. The van der Waals surface area contributed by atoms with Crippen LogP contribution in [0.1, 0.15) is 106 Å². The molecular weight excluding hydrogens is 410 g/mol. The Bertz CT molecular complexity index is 820. The molecule has 0 spiro atoms. The van der Waals surface area contributed by atoms with Crippen LogP contribution in [0.5, 0.6) is 0 Å². The second-order valence-corrected chi connectivity index (χ2v) is 14.4. The van der Waals surface area contributed by atoms with E-state index in [1.165, 1.54) is 32.1 Å². The summed E-state index contributed by atoms with van der Waals surface area (Å²) in [5.74, 6) is 4.00. The van der Waals surface area contributed by atoms with Crippen LogP contribution in [0.15, 0.2) is 4.99 Å². The van der Waals surface area contributed by atoms with E-state index < -0.39 is 11.2 Å². The van der Waals surface area contributed by atoms with E-state index in [4.69, 9.17) is 9.73 Å². The summed E-state index contributed by atoms with van der Waals surface area (Å²) in [6, 6.07) is 0. The summed E-state index contributed by atoms with van der Waals surface area (Å²) in [6.07, 6.45) is 9.63. The van der Waals surface area contributed by atoms with Gasteiger partial charge in [0.15, 0.2) is 0 Å². The number of aliphatic hydroxyl groups is 2. The van der Waals surface area contributed by atoms with Crippen molar-refractivity contribution in [2.45, 2.75) is 123 Å². The van der Waals surface area contributed by atoms with Crippen molar-refractivity contribution < 1.29 is 14.9 Å². The minimum Gasteiger partial charge on any atom is -0.476 e. The maximum Gasteiger partial charge on any atom is 0.217 e. The van der Waals surface area contributed by atoms with Crippen molar-refractivity contribution in [3.8, 4) is 0 Å². The standard InChI is InChI=1S/C29H49NO3/c1-8-18(2)20-9-10-21-23-22(11-12-27(20,21)6)26(5)13-14-29(32,16-19(26)15-28(23,7)31)24-30-25(3,4)17-33-24/h18-23,31-32H,8-17H2,1-7H3/t18-,19-,20-,21?,22?,23?,26+,27-,28?,29-/m1/s1. The Morgan fingerprint density at radius 3 is 2.27 bits per heavy atom. The highest BCUT2D eigenvalue weighted by Gasteiger charge is 2.67. The second-order valence-electron chi connectivity index (χ2n) is 14.4. The molecule has 0 bridgehead atoms. The fourth-order valence-corrected chi connectivity index (χ4v) is 9.87. The molecule has 0 radical (unpaired) electrons. The first-order chi connectivity index (χ1) is 15.3. The summed E-state index contributed by atoms with van der Waals surface area (Å²) in [6.45, 7) is 16.7. The van der Waals surface area contributed by atoms with Crippen molar-refractivity contribution in [2.24, 2.45) is 51.3 Å².